The molecule has 0 radical (unpaired) electrons. The van der Waals surface area contributed by atoms with Gasteiger partial charge in [-0.25, -0.2) is 9.69 Å². The van der Waals surface area contributed by atoms with Crippen molar-refractivity contribution in [1.29, 1.82) is 0 Å². The summed E-state index contributed by atoms with van der Waals surface area (Å²) in [5, 5.41) is 5.00. The normalized spacial score (nSPS) is 14.1. The van der Waals surface area contributed by atoms with Gasteiger partial charge in [-0.05, 0) is 78.7 Å². The van der Waals surface area contributed by atoms with E-state index in [-0.39, 0.29) is 17.9 Å². The Morgan fingerprint density at radius 2 is 1.52 bits per heavy atom. The molecule has 0 spiro atoms. The predicted octanol–water partition coefficient (Wildman–Crippen LogP) is 8.59. The Bertz CT molecular complexity index is 2020. The number of rotatable bonds is 8. The summed E-state index contributed by atoms with van der Waals surface area (Å²) in [7, 11) is 0. The van der Waals surface area contributed by atoms with Gasteiger partial charge in [0, 0.05) is 21.2 Å². The lowest BCUT2D eigenvalue weighted by Gasteiger charge is -2.26. The number of nitrogens with zero attached hydrogens (tertiary/aromatic N) is 1. The van der Waals surface area contributed by atoms with Crippen molar-refractivity contribution in [3.8, 4) is 11.5 Å². The van der Waals surface area contributed by atoms with E-state index in [1.807, 2.05) is 50.2 Å². The number of amides is 4. The van der Waals surface area contributed by atoms with Crippen molar-refractivity contribution in [3.63, 3.8) is 0 Å². The van der Waals surface area contributed by atoms with Crippen LogP contribution >= 0.6 is 23.2 Å². The van der Waals surface area contributed by atoms with Crippen LogP contribution in [0.15, 0.2) is 103 Å². The van der Waals surface area contributed by atoms with Gasteiger partial charge in [-0.2, -0.15) is 0 Å². The monoisotopic (exact) mass is 650 g/mol. The van der Waals surface area contributed by atoms with Crippen LogP contribution in [-0.4, -0.2) is 17.8 Å². The van der Waals surface area contributed by atoms with E-state index in [0.29, 0.717) is 33.7 Å². The Balaban J connectivity index is 1.29. The van der Waals surface area contributed by atoms with Crippen LogP contribution in [0.5, 0.6) is 11.5 Å². The topological polar surface area (TPSA) is 84.9 Å². The number of barbiturate groups is 1. The van der Waals surface area contributed by atoms with E-state index >= 15 is 0 Å². The van der Waals surface area contributed by atoms with Crippen LogP contribution in [0.2, 0.25) is 10.0 Å². The minimum atomic E-state index is -0.849. The maximum absolute atomic E-state index is 13.8. The van der Waals surface area contributed by atoms with Crippen molar-refractivity contribution in [1.82, 2.24) is 5.32 Å². The van der Waals surface area contributed by atoms with E-state index in [4.69, 9.17) is 32.7 Å². The zero-order chi connectivity index (χ0) is 32.4. The molecule has 230 valence electrons. The Hall–Kier alpha value is -5.11. The van der Waals surface area contributed by atoms with Crippen LogP contribution in [0.3, 0.4) is 0 Å². The van der Waals surface area contributed by atoms with Crippen LogP contribution in [0, 0.1) is 13.8 Å². The first kappa shape index (κ1) is 30.9. The predicted molar refractivity (Wildman–Crippen MR) is 180 cm³/mol. The molecular formula is C37H28Cl2N2O5. The molecule has 46 heavy (non-hydrogen) atoms. The minimum absolute atomic E-state index is 0.193. The molecule has 7 nitrogen and oxygen atoms in total. The molecule has 1 aliphatic heterocycles. The number of benzene rings is 5. The highest BCUT2D eigenvalue weighted by atomic mass is 35.5. The molecule has 1 aliphatic rings. The van der Waals surface area contributed by atoms with Gasteiger partial charge in [0.2, 0.25) is 0 Å². The first-order chi connectivity index (χ1) is 22.2. The van der Waals surface area contributed by atoms with Gasteiger partial charge in [-0.3, -0.25) is 14.9 Å². The standard InChI is InChI=1S/C37H28Cl2N2O5/c1-22-15-23(2)17-24(16-22)20-46-34-14-8-25-5-3-4-6-30(25)31(34)19-32-35(42)40-37(44)41(36(32)43)28-10-12-29(13-11-28)45-21-26-7-9-27(38)18-33(26)39/h3-19H,20-21H2,1-2H3,(H,40,42,44)/b32-19+. The van der Waals surface area contributed by atoms with Crippen molar-refractivity contribution in [2.24, 2.45) is 0 Å². The van der Waals surface area contributed by atoms with Crippen LogP contribution in [0.4, 0.5) is 10.5 Å². The molecule has 0 bridgehead atoms. The third-order valence-corrected chi connectivity index (χ3v) is 8.09. The number of hydrogen-bond donors (Lipinski definition) is 1. The first-order valence-electron chi connectivity index (χ1n) is 14.5. The number of anilines is 1. The number of fused-ring (bicyclic) bond motifs is 1. The second-order valence-corrected chi connectivity index (χ2v) is 11.8. The lowest BCUT2D eigenvalue weighted by molar-refractivity contribution is -0.122. The number of nitrogens with one attached hydrogen (secondary N) is 1. The van der Waals surface area contributed by atoms with E-state index in [1.165, 1.54) is 6.08 Å². The van der Waals surface area contributed by atoms with E-state index in [0.717, 1.165) is 37.9 Å². The van der Waals surface area contributed by atoms with Gasteiger partial charge in [0.15, 0.2) is 0 Å². The number of ether oxygens (including phenoxy) is 2. The van der Waals surface area contributed by atoms with Gasteiger partial charge < -0.3 is 9.47 Å². The number of halogens is 2. The Morgan fingerprint density at radius 3 is 2.26 bits per heavy atom. The molecule has 5 aromatic carbocycles. The quantitative estimate of drug-likeness (QED) is 0.134. The summed E-state index contributed by atoms with van der Waals surface area (Å²) in [6.45, 7) is 4.54. The molecule has 9 heteroatoms. The Labute approximate surface area is 276 Å². The molecule has 4 amide bonds. The van der Waals surface area contributed by atoms with Gasteiger partial charge in [-0.1, -0.05) is 88.9 Å². The van der Waals surface area contributed by atoms with Crippen LogP contribution < -0.4 is 19.7 Å². The van der Waals surface area contributed by atoms with E-state index in [2.05, 4.69) is 23.5 Å². The summed E-state index contributed by atoms with van der Waals surface area (Å²) in [5.41, 5.74) is 4.61. The van der Waals surface area contributed by atoms with E-state index in [9.17, 15) is 14.4 Å². The number of carbonyl (C=O) groups excluding carboxylic acids is 3. The minimum Gasteiger partial charge on any atom is -0.489 e. The summed E-state index contributed by atoms with van der Waals surface area (Å²) in [6, 6.07) is 28.2. The second kappa shape index (κ2) is 13.1. The van der Waals surface area contributed by atoms with Crippen molar-refractivity contribution >= 4 is 63.6 Å². The van der Waals surface area contributed by atoms with Crippen LogP contribution in [0.25, 0.3) is 16.8 Å². The zero-order valence-electron chi connectivity index (χ0n) is 25.0. The van der Waals surface area contributed by atoms with E-state index in [1.54, 1.807) is 42.5 Å². The average Bonchev–Trinajstić information content (AvgIpc) is 3.02. The summed E-state index contributed by atoms with van der Waals surface area (Å²) < 4.78 is 12.1. The highest BCUT2D eigenvalue weighted by molar-refractivity contribution is 6.39. The fourth-order valence-electron chi connectivity index (χ4n) is 5.39. The molecule has 6 rings (SSSR count). The van der Waals surface area contributed by atoms with Crippen LogP contribution in [-0.2, 0) is 22.8 Å². The average molecular weight is 652 g/mol. The molecule has 1 N–H and O–H groups in total. The molecule has 1 saturated heterocycles. The molecule has 1 heterocycles. The summed E-state index contributed by atoms with van der Waals surface area (Å²) in [4.78, 5) is 40.7. The highest BCUT2D eigenvalue weighted by Crippen LogP contribution is 2.33. The smallest absolute Gasteiger partial charge is 0.335 e. The van der Waals surface area contributed by atoms with Gasteiger partial charge in [-0.15, -0.1) is 0 Å². The highest BCUT2D eigenvalue weighted by Gasteiger charge is 2.37. The molecule has 0 atom stereocenters. The molecule has 0 aromatic heterocycles. The van der Waals surface area contributed by atoms with Gasteiger partial charge in [0.05, 0.1) is 5.69 Å². The molecule has 0 saturated carbocycles. The maximum Gasteiger partial charge on any atom is 0.335 e. The fourth-order valence-corrected chi connectivity index (χ4v) is 5.85. The number of urea groups is 1. The fraction of sp³-hybridized carbons (Fsp3) is 0.108. The number of carbonyl (C=O) groups is 3. The van der Waals surface area contributed by atoms with Crippen molar-refractivity contribution < 1.29 is 23.9 Å². The maximum atomic E-state index is 13.8. The number of imide groups is 2. The summed E-state index contributed by atoms with van der Waals surface area (Å²) in [5.74, 6) is -0.563. The zero-order valence-corrected chi connectivity index (χ0v) is 26.5. The molecule has 5 aromatic rings. The van der Waals surface area contributed by atoms with Crippen molar-refractivity contribution in [2.45, 2.75) is 27.1 Å². The van der Waals surface area contributed by atoms with E-state index < -0.39 is 17.8 Å². The number of aryl methyl sites for hydroxylation is 2. The molecule has 0 aliphatic carbocycles. The number of hydrogen-bond acceptors (Lipinski definition) is 5. The summed E-state index contributed by atoms with van der Waals surface area (Å²) in [6.07, 6.45) is 1.49. The Morgan fingerprint density at radius 1 is 0.783 bits per heavy atom. The van der Waals surface area contributed by atoms with Gasteiger partial charge >= 0.3 is 6.03 Å². The molecule has 0 unspecified atom stereocenters. The molecular weight excluding hydrogens is 623 g/mol. The SMILES string of the molecule is Cc1cc(C)cc(COc2ccc3ccccc3c2/C=C2\C(=O)NC(=O)N(c3ccc(OCc4ccc(Cl)cc4Cl)cc3)C2=O)c1. The lowest BCUT2D eigenvalue weighted by Crippen LogP contribution is -2.54. The first-order valence-corrected chi connectivity index (χ1v) is 15.2. The third-order valence-electron chi connectivity index (χ3n) is 7.50. The second-order valence-electron chi connectivity index (χ2n) is 11.0. The lowest BCUT2D eigenvalue weighted by atomic mass is 9.99. The van der Waals surface area contributed by atoms with Gasteiger partial charge in [0.1, 0.15) is 30.3 Å². The third kappa shape index (κ3) is 6.61. The Kier molecular flexibility index (Phi) is 8.79. The molecule has 1 fully saturated rings. The summed E-state index contributed by atoms with van der Waals surface area (Å²) >= 11 is 12.2. The van der Waals surface area contributed by atoms with Crippen molar-refractivity contribution in [2.75, 3.05) is 4.90 Å². The van der Waals surface area contributed by atoms with Gasteiger partial charge in [0.25, 0.3) is 11.8 Å². The van der Waals surface area contributed by atoms with Crippen LogP contribution in [0.1, 0.15) is 27.8 Å². The van der Waals surface area contributed by atoms with Crippen molar-refractivity contribution in [3.05, 3.63) is 140 Å². The largest absolute Gasteiger partial charge is 0.489 e.